The summed E-state index contributed by atoms with van der Waals surface area (Å²) in [6, 6.07) is 3.81. The molecule has 1 rings (SSSR count). The molecule has 0 aliphatic heterocycles. The minimum absolute atomic E-state index is 0.0433. The van der Waals surface area contributed by atoms with E-state index in [1.54, 1.807) is 12.2 Å². The third-order valence-corrected chi connectivity index (χ3v) is 2.36. The van der Waals surface area contributed by atoms with E-state index in [-0.39, 0.29) is 10.9 Å². The lowest BCUT2D eigenvalue weighted by atomic mass is 10.2. The van der Waals surface area contributed by atoms with Crippen LogP contribution in [0, 0.1) is 5.82 Å². The molecule has 80 valence electrons. The van der Waals surface area contributed by atoms with E-state index in [1.807, 2.05) is 0 Å². The number of hydrogen-bond acceptors (Lipinski definition) is 3. The van der Waals surface area contributed by atoms with Crippen LogP contribution in [0.25, 0.3) is 6.08 Å². The summed E-state index contributed by atoms with van der Waals surface area (Å²) in [4.78, 5) is 10.6. The van der Waals surface area contributed by atoms with E-state index >= 15 is 0 Å². The normalized spacial score (nSPS) is 10.8. The van der Waals surface area contributed by atoms with Crippen LogP contribution in [0.1, 0.15) is 12.5 Å². The molecular formula is C11H11FO2S. The first-order valence-electron chi connectivity index (χ1n) is 4.37. The van der Waals surface area contributed by atoms with Crippen molar-refractivity contribution < 1.29 is 14.3 Å². The van der Waals surface area contributed by atoms with Gasteiger partial charge in [-0.3, -0.25) is 4.79 Å². The van der Waals surface area contributed by atoms with Crippen LogP contribution >= 0.6 is 11.8 Å². The predicted molar refractivity (Wildman–Crippen MR) is 60.2 cm³/mol. The lowest BCUT2D eigenvalue weighted by Crippen LogP contribution is -1.82. The summed E-state index contributed by atoms with van der Waals surface area (Å²) in [6.07, 6.45) is 3.42. The van der Waals surface area contributed by atoms with E-state index < -0.39 is 5.82 Å². The van der Waals surface area contributed by atoms with Crippen LogP contribution in [-0.4, -0.2) is 16.0 Å². The zero-order valence-electron chi connectivity index (χ0n) is 8.24. The molecule has 0 atom stereocenters. The summed E-state index contributed by atoms with van der Waals surface area (Å²) in [5.74, 6) is -0.0326. The third kappa shape index (κ3) is 4.65. The van der Waals surface area contributed by atoms with Gasteiger partial charge >= 0.3 is 0 Å². The van der Waals surface area contributed by atoms with Crippen molar-refractivity contribution in [2.45, 2.75) is 6.92 Å². The van der Waals surface area contributed by atoms with E-state index in [1.165, 1.54) is 30.8 Å². The highest BCUT2D eigenvalue weighted by Crippen LogP contribution is 2.16. The second-order valence-corrected chi connectivity index (χ2v) is 4.14. The summed E-state index contributed by atoms with van der Waals surface area (Å²) in [5.41, 5.74) is 0.580. The highest BCUT2D eigenvalue weighted by atomic mass is 32.2. The zero-order chi connectivity index (χ0) is 11.3. The molecule has 0 saturated carbocycles. The molecule has 4 heteroatoms. The fraction of sp³-hybridized carbons (Fsp3) is 0.182. The molecule has 0 aliphatic rings. The van der Waals surface area contributed by atoms with Gasteiger partial charge in [0.25, 0.3) is 0 Å². The molecule has 0 amide bonds. The fourth-order valence-electron chi connectivity index (χ4n) is 1.04. The molecule has 15 heavy (non-hydrogen) atoms. The Balaban J connectivity index is 2.60. The Labute approximate surface area is 91.8 Å². The SMILES string of the molecule is CC(=O)SCC=Cc1cc(O)cc(F)c1. The van der Waals surface area contributed by atoms with E-state index in [0.717, 1.165) is 6.07 Å². The number of phenols is 1. The fourth-order valence-corrected chi connectivity index (χ4v) is 1.47. The van der Waals surface area contributed by atoms with Crippen LogP contribution in [0.2, 0.25) is 0 Å². The molecule has 0 saturated heterocycles. The number of thioether (sulfide) groups is 1. The number of aromatic hydroxyl groups is 1. The summed E-state index contributed by atoms with van der Waals surface area (Å²) >= 11 is 1.18. The monoisotopic (exact) mass is 226 g/mol. The summed E-state index contributed by atoms with van der Waals surface area (Å²) < 4.78 is 12.8. The number of halogens is 1. The van der Waals surface area contributed by atoms with Gasteiger partial charge < -0.3 is 5.11 Å². The number of benzene rings is 1. The molecule has 0 radical (unpaired) electrons. The van der Waals surface area contributed by atoms with Gasteiger partial charge in [-0.25, -0.2) is 4.39 Å². The Morgan fingerprint density at radius 1 is 1.53 bits per heavy atom. The van der Waals surface area contributed by atoms with Crippen molar-refractivity contribution in [3.8, 4) is 5.75 Å². The first kappa shape index (κ1) is 11.8. The quantitative estimate of drug-likeness (QED) is 0.861. The number of carbonyl (C=O) groups excluding carboxylic acids is 1. The maximum Gasteiger partial charge on any atom is 0.186 e. The Morgan fingerprint density at radius 3 is 2.87 bits per heavy atom. The van der Waals surface area contributed by atoms with Gasteiger partial charge in [0, 0.05) is 18.7 Å². The standard InChI is InChI=1S/C11H11FO2S/c1-8(13)15-4-2-3-9-5-10(12)7-11(14)6-9/h2-3,5-7,14H,4H2,1H3. The third-order valence-electron chi connectivity index (χ3n) is 1.60. The van der Waals surface area contributed by atoms with Gasteiger partial charge in [-0.2, -0.15) is 0 Å². The van der Waals surface area contributed by atoms with Gasteiger partial charge in [0.2, 0.25) is 0 Å². The molecule has 2 nitrogen and oxygen atoms in total. The maximum atomic E-state index is 12.8. The van der Waals surface area contributed by atoms with Crippen molar-refractivity contribution in [3.05, 3.63) is 35.7 Å². The lowest BCUT2D eigenvalue weighted by molar-refractivity contribution is -0.109. The Hall–Kier alpha value is -1.29. The van der Waals surface area contributed by atoms with E-state index in [0.29, 0.717) is 11.3 Å². The number of hydrogen-bond donors (Lipinski definition) is 1. The first-order valence-corrected chi connectivity index (χ1v) is 5.36. The molecular weight excluding hydrogens is 215 g/mol. The number of phenolic OH excluding ortho intramolecular Hbond substituents is 1. The van der Waals surface area contributed by atoms with Gasteiger partial charge in [-0.1, -0.05) is 23.9 Å². The van der Waals surface area contributed by atoms with Crippen molar-refractivity contribution in [2.24, 2.45) is 0 Å². The molecule has 0 bridgehead atoms. The number of carbonyl (C=O) groups is 1. The molecule has 0 unspecified atom stereocenters. The molecule has 0 fully saturated rings. The predicted octanol–water partition coefficient (Wildman–Crippen LogP) is 2.82. The lowest BCUT2D eigenvalue weighted by Gasteiger charge is -1.96. The summed E-state index contributed by atoms with van der Waals surface area (Å²) in [5, 5.41) is 9.15. The van der Waals surface area contributed by atoms with Gasteiger partial charge in [0.05, 0.1) is 0 Å². The van der Waals surface area contributed by atoms with Crippen molar-refractivity contribution in [1.29, 1.82) is 0 Å². The molecule has 1 aromatic rings. The van der Waals surface area contributed by atoms with Crippen LogP contribution in [0.5, 0.6) is 5.75 Å². The van der Waals surface area contributed by atoms with Crippen LogP contribution in [-0.2, 0) is 4.79 Å². The smallest absolute Gasteiger partial charge is 0.186 e. The molecule has 0 heterocycles. The Kier molecular flexibility index (Phi) is 4.37. The minimum atomic E-state index is -0.478. The zero-order valence-corrected chi connectivity index (χ0v) is 9.05. The first-order chi connectivity index (χ1) is 7.08. The average Bonchev–Trinajstić information content (AvgIpc) is 2.10. The van der Waals surface area contributed by atoms with Crippen molar-refractivity contribution >= 4 is 23.0 Å². The molecule has 0 aliphatic carbocycles. The second-order valence-electron chi connectivity index (χ2n) is 2.95. The van der Waals surface area contributed by atoms with Gasteiger partial charge in [0.15, 0.2) is 5.12 Å². The number of rotatable bonds is 3. The highest BCUT2D eigenvalue weighted by molar-refractivity contribution is 8.13. The molecule has 0 aromatic heterocycles. The van der Waals surface area contributed by atoms with Crippen LogP contribution in [0.3, 0.4) is 0 Å². The summed E-state index contributed by atoms with van der Waals surface area (Å²) in [7, 11) is 0. The van der Waals surface area contributed by atoms with Gasteiger partial charge in [0.1, 0.15) is 11.6 Å². The van der Waals surface area contributed by atoms with Crippen LogP contribution in [0.4, 0.5) is 4.39 Å². The highest BCUT2D eigenvalue weighted by Gasteiger charge is 1.96. The topological polar surface area (TPSA) is 37.3 Å². The van der Waals surface area contributed by atoms with E-state index in [9.17, 15) is 9.18 Å². The Bertz CT molecular complexity index is 368. The van der Waals surface area contributed by atoms with Crippen LogP contribution in [0.15, 0.2) is 24.3 Å². The van der Waals surface area contributed by atoms with Gasteiger partial charge in [-0.05, 0) is 17.7 Å². The summed E-state index contributed by atoms with van der Waals surface area (Å²) in [6.45, 7) is 1.49. The maximum absolute atomic E-state index is 12.8. The Morgan fingerprint density at radius 2 is 2.27 bits per heavy atom. The van der Waals surface area contributed by atoms with Gasteiger partial charge in [-0.15, -0.1) is 0 Å². The molecule has 0 spiro atoms. The second kappa shape index (κ2) is 5.56. The van der Waals surface area contributed by atoms with Crippen LogP contribution < -0.4 is 0 Å². The average molecular weight is 226 g/mol. The van der Waals surface area contributed by atoms with Crippen molar-refractivity contribution in [1.82, 2.24) is 0 Å². The van der Waals surface area contributed by atoms with E-state index in [4.69, 9.17) is 5.11 Å². The largest absolute Gasteiger partial charge is 0.508 e. The molecule has 1 N–H and O–H groups in total. The molecule has 1 aromatic carbocycles. The van der Waals surface area contributed by atoms with Crippen molar-refractivity contribution in [3.63, 3.8) is 0 Å². The minimum Gasteiger partial charge on any atom is -0.508 e. The van der Waals surface area contributed by atoms with Crippen molar-refractivity contribution in [2.75, 3.05) is 5.75 Å². The van der Waals surface area contributed by atoms with E-state index in [2.05, 4.69) is 0 Å².